The molecule has 29 heavy (non-hydrogen) atoms. The van der Waals surface area contributed by atoms with Crippen LogP contribution in [-0.4, -0.2) is 27.5 Å². The Morgan fingerprint density at radius 2 is 2.00 bits per heavy atom. The molecule has 3 heterocycles. The van der Waals surface area contributed by atoms with Gasteiger partial charge >= 0.3 is 0 Å². The van der Waals surface area contributed by atoms with E-state index in [2.05, 4.69) is 15.4 Å². The number of carbonyl (C=O) groups is 1. The second-order valence-electron chi connectivity index (χ2n) is 6.15. The Hall–Kier alpha value is -3.72. The van der Waals surface area contributed by atoms with Crippen molar-refractivity contribution in [1.29, 1.82) is 0 Å². The Bertz CT molecular complexity index is 1210. The lowest BCUT2D eigenvalue weighted by Gasteiger charge is -2.04. The van der Waals surface area contributed by atoms with E-state index in [1.165, 1.54) is 28.2 Å². The fraction of sp³-hybridized carbons (Fsp3) is 0.0500. The molecule has 144 valence electrons. The van der Waals surface area contributed by atoms with Crippen LogP contribution in [0, 0.1) is 5.82 Å². The molecule has 1 N–H and O–H groups in total. The molecule has 0 saturated carbocycles. The van der Waals surface area contributed by atoms with Crippen LogP contribution < -0.4 is 14.8 Å². The second-order valence-corrected chi connectivity index (χ2v) is 7.10. The van der Waals surface area contributed by atoms with Gasteiger partial charge in [-0.2, -0.15) is 0 Å². The van der Waals surface area contributed by atoms with Crippen molar-refractivity contribution >= 4 is 22.9 Å². The number of fused-ring (bicyclic) bond motifs is 1. The highest BCUT2D eigenvalue weighted by Gasteiger charge is 2.21. The molecule has 0 atom stereocenters. The number of benzene rings is 2. The molecule has 2 aromatic carbocycles. The topological polar surface area (TPSA) is 78.3 Å². The summed E-state index contributed by atoms with van der Waals surface area (Å²) in [5.74, 6) is 0.715. The predicted molar refractivity (Wildman–Crippen MR) is 105 cm³/mol. The average Bonchev–Trinajstić information content (AvgIpc) is 3.46. The van der Waals surface area contributed by atoms with Gasteiger partial charge in [0, 0.05) is 11.8 Å². The Balaban J connectivity index is 1.50. The first-order valence-electron chi connectivity index (χ1n) is 8.65. The van der Waals surface area contributed by atoms with Crippen LogP contribution in [0.2, 0.25) is 0 Å². The fourth-order valence-electron chi connectivity index (χ4n) is 2.92. The standard InChI is InChI=1S/C20H13FN4O3S/c21-12-3-1-4-14(9-12)25-19(17-5-2-8-29-17)23-18(24-25)20(26)22-13-6-7-15-16(10-13)28-11-27-15/h1-10H,11H2,(H,22,26). The molecule has 5 rings (SSSR count). The van der Waals surface area contributed by atoms with Gasteiger partial charge in [-0.3, -0.25) is 4.79 Å². The summed E-state index contributed by atoms with van der Waals surface area (Å²) in [6, 6.07) is 14.8. The molecule has 1 aliphatic rings. The van der Waals surface area contributed by atoms with Crippen LogP contribution in [0.15, 0.2) is 60.0 Å². The Kier molecular flexibility index (Phi) is 4.21. The number of thiophene rings is 1. The lowest BCUT2D eigenvalue weighted by molar-refractivity contribution is 0.101. The fourth-order valence-corrected chi connectivity index (χ4v) is 3.62. The molecular formula is C20H13FN4O3S. The molecule has 0 radical (unpaired) electrons. The number of hydrogen-bond acceptors (Lipinski definition) is 6. The van der Waals surface area contributed by atoms with E-state index in [0.29, 0.717) is 28.7 Å². The normalized spacial score (nSPS) is 12.2. The van der Waals surface area contributed by atoms with Gasteiger partial charge in [-0.15, -0.1) is 16.4 Å². The number of ether oxygens (including phenoxy) is 2. The average molecular weight is 408 g/mol. The van der Waals surface area contributed by atoms with Crippen LogP contribution >= 0.6 is 11.3 Å². The van der Waals surface area contributed by atoms with E-state index in [9.17, 15) is 9.18 Å². The molecule has 0 spiro atoms. The van der Waals surface area contributed by atoms with Gasteiger partial charge in [-0.05, 0) is 41.8 Å². The second kappa shape index (κ2) is 7.02. The van der Waals surface area contributed by atoms with Crippen LogP contribution in [0.3, 0.4) is 0 Å². The van der Waals surface area contributed by atoms with Gasteiger partial charge in [-0.25, -0.2) is 14.1 Å². The monoisotopic (exact) mass is 408 g/mol. The number of amides is 1. The van der Waals surface area contributed by atoms with Crippen LogP contribution in [0.5, 0.6) is 11.5 Å². The molecule has 1 amide bonds. The van der Waals surface area contributed by atoms with E-state index >= 15 is 0 Å². The highest BCUT2D eigenvalue weighted by molar-refractivity contribution is 7.13. The van der Waals surface area contributed by atoms with Gasteiger partial charge < -0.3 is 14.8 Å². The lowest BCUT2D eigenvalue weighted by atomic mass is 10.3. The summed E-state index contributed by atoms with van der Waals surface area (Å²) in [5, 5.41) is 8.97. The van der Waals surface area contributed by atoms with E-state index < -0.39 is 11.7 Å². The van der Waals surface area contributed by atoms with E-state index in [1.807, 2.05) is 17.5 Å². The number of rotatable bonds is 4. The van der Waals surface area contributed by atoms with Crippen molar-refractivity contribution in [1.82, 2.24) is 14.8 Å². The number of nitrogens with zero attached hydrogens (tertiary/aromatic N) is 3. The molecule has 4 aromatic rings. The molecule has 0 unspecified atom stereocenters. The zero-order chi connectivity index (χ0) is 19.8. The molecule has 2 aromatic heterocycles. The molecule has 1 aliphatic heterocycles. The third kappa shape index (κ3) is 3.32. The van der Waals surface area contributed by atoms with Crippen molar-refractivity contribution in [2.45, 2.75) is 0 Å². The Morgan fingerprint density at radius 1 is 1.10 bits per heavy atom. The highest BCUT2D eigenvalue weighted by Crippen LogP contribution is 2.34. The Morgan fingerprint density at radius 3 is 2.83 bits per heavy atom. The smallest absolute Gasteiger partial charge is 0.295 e. The van der Waals surface area contributed by atoms with Crippen LogP contribution in [0.25, 0.3) is 16.4 Å². The third-order valence-electron chi connectivity index (χ3n) is 4.24. The number of carbonyl (C=O) groups excluding carboxylic acids is 1. The lowest BCUT2D eigenvalue weighted by Crippen LogP contribution is -2.14. The van der Waals surface area contributed by atoms with Gasteiger partial charge in [0.1, 0.15) is 5.82 Å². The first kappa shape index (κ1) is 17.4. The molecule has 7 nitrogen and oxygen atoms in total. The van der Waals surface area contributed by atoms with Crippen molar-refractivity contribution in [2.24, 2.45) is 0 Å². The van der Waals surface area contributed by atoms with Gasteiger partial charge in [0.05, 0.1) is 10.6 Å². The minimum atomic E-state index is -0.489. The van der Waals surface area contributed by atoms with Crippen molar-refractivity contribution in [2.75, 3.05) is 12.1 Å². The largest absolute Gasteiger partial charge is 0.454 e. The van der Waals surface area contributed by atoms with Gasteiger partial charge in [0.25, 0.3) is 5.91 Å². The summed E-state index contributed by atoms with van der Waals surface area (Å²) >= 11 is 1.45. The van der Waals surface area contributed by atoms with Crippen molar-refractivity contribution in [3.63, 3.8) is 0 Å². The summed E-state index contributed by atoms with van der Waals surface area (Å²) in [5.41, 5.74) is 1.00. The van der Waals surface area contributed by atoms with Crippen LogP contribution in [0.4, 0.5) is 10.1 Å². The van der Waals surface area contributed by atoms with Gasteiger partial charge in [0.2, 0.25) is 12.6 Å². The number of anilines is 1. The number of halogens is 1. The number of hydrogen-bond donors (Lipinski definition) is 1. The zero-order valence-electron chi connectivity index (χ0n) is 14.8. The first-order chi connectivity index (χ1) is 14.2. The predicted octanol–water partition coefficient (Wildman–Crippen LogP) is 4.12. The number of nitrogens with one attached hydrogen (secondary N) is 1. The molecule has 0 fully saturated rings. The molecule has 0 aliphatic carbocycles. The van der Waals surface area contributed by atoms with E-state index in [-0.39, 0.29) is 12.6 Å². The zero-order valence-corrected chi connectivity index (χ0v) is 15.6. The molecule has 0 saturated heterocycles. The first-order valence-corrected chi connectivity index (χ1v) is 9.53. The minimum Gasteiger partial charge on any atom is -0.454 e. The minimum absolute atomic E-state index is 0.0321. The summed E-state index contributed by atoms with van der Waals surface area (Å²) in [4.78, 5) is 18.0. The van der Waals surface area contributed by atoms with E-state index in [1.54, 1.807) is 30.3 Å². The highest BCUT2D eigenvalue weighted by atomic mass is 32.1. The summed E-state index contributed by atoms with van der Waals surface area (Å²) in [6.07, 6.45) is 0. The van der Waals surface area contributed by atoms with E-state index in [0.717, 1.165) is 4.88 Å². The van der Waals surface area contributed by atoms with Crippen LogP contribution in [0.1, 0.15) is 10.6 Å². The summed E-state index contributed by atoms with van der Waals surface area (Å²) in [7, 11) is 0. The summed E-state index contributed by atoms with van der Waals surface area (Å²) < 4.78 is 25.8. The van der Waals surface area contributed by atoms with Crippen molar-refractivity contribution in [3.8, 4) is 27.9 Å². The Labute approximate surface area is 168 Å². The maximum Gasteiger partial charge on any atom is 0.295 e. The van der Waals surface area contributed by atoms with Gasteiger partial charge in [0.15, 0.2) is 17.3 Å². The SMILES string of the molecule is O=C(Nc1ccc2c(c1)OCO2)c1nc(-c2cccs2)n(-c2cccc(F)c2)n1. The number of aromatic nitrogens is 3. The quantitative estimate of drug-likeness (QED) is 0.550. The maximum absolute atomic E-state index is 13.7. The molecular weight excluding hydrogens is 395 g/mol. The van der Waals surface area contributed by atoms with Crippen molar-refractivity contribution < 1.29 is 18.7 Å². The maximum atomic E-state index is 13.7. The van der Waals surface area contributed by atoms with Crippen LogP contribution in [-0.2, 0) is 0 Å². The molecule has 9 heteroatoms. The van der Waals surface area contributed by atoms with Gasteiger partial charge in [-0.1, -0.05) is 12.1 Å². The summed E-state index contributed by atoms with van der Waals surface area (Å²) in [6.45, 7) is 0.149. The third-order valence-corrected chi connectivity index (χ3v) is 5.10. The van der Waals surface area contributed by atoms with E-state index in [4.69, 9.17) is 9.47 Å². The van der Waals surface area contributed by atoms with Crippen molar-refractivity contribution in [3.05, 3.63) is 71.6 Å². The molecule has 0 bridgehead atoms.